The molecule has 1 saturated heterocycles. The number of nitrogens with one attached hydrogen (secondary N) is 2. The lowest BCUT2D eigenvalue weighted by atomic mass is 10.0. The maximum absolute atomic E-state index is 12.3. The Hall–Kier alpha value is -1.63. The number of benzene rings is 1. The zero-order valence-electron chi connectivity index (χ0n) is 13.0. The monoisotopic (exact) mass is 340 g/mol. The molecule has 2 fully saturated rings. The van der Waals surface area contributed by atoms with Gasteiger partial charge in [0.2, 0.25) is 5.91 Å². The number of esters is 1. The van der Waals surface area contributed by atoms with Gasteiger partial charge in [0.15, 0.2) is 0 Å². The molecule has 1 amide bonds. The molecular weight excluding hydrogens is 320 g/mol. The fourth-order valence-corrected chi connectivity index (χ4v) is 2.71. The number of ether oxygens (including phenoxy) is 2. The van der Waals surface area contributed by atoms with Crippen LogP contribution in [-0.2, 0) is 19.8 Å². The van der Waals surface area contributed by atoms with Gasteiger partial charge in [-0.05, 0) is 30.5 Å². The van der Waals surface area contributed by atoms with E-state index in [4.69, 9.17) is 9.47 Å². The molecule has 0 bridgehead atoms. The third-order valence-electron chi connectivity index (χ3n) is 4.21. The van der Waals surface area contributed by atoms with Gasteiger partial charge in [-0.2, -0.15) is 0 Å². The lowest BCUT2D eigenvalue weighted by Gasteiger charge is -2.26. The Morgan fingerprint density at radius 3 is 2.52 bits per heavy atom. The first-order chi connectivity index (χ1) is 10.6. The van der Waals surface area contributed by atoms with Crippen molar-refractivity contribution < 1.29 is 19.1 Å². The summed E-state index contributed by atoms with van der Waals surface area (Å²) >= 11 is 0. The highest BCUT2D eigenvalue weighted by molar-refractivity contribution is 5.89. The first kappa shape index (κ1) is 17.7. The van der Waals surface area contributed by atoms with Crippen LogP contribution in [0.1, 0.15) is 28.8 Å². The molecule has 23 heavy (non-hydrogen) atoms. The molecule has 7 heteroatoms. The zero-order valence-corrected chi connectivity index (χ0v) is 13.8. The Bertz CT molecular complexity index is 566. The molecule has 2 N–H and O–H groups in total. The molecule has 0 radical (unpaired) electrons. The van der Waals surface area contributed by atoms with Crippen molar-refractivity contribution in [3.05, 3.63) is 35.4 Å². The number of methoxy groups -OCH3 is 1. The summed E-state index contributed by atoms with van der Waals surface area (Å²) < 4.78 is 10.0. The molecule has 1 aromatic carbocycles. The van der Waals surface area contributed by atoms with Gasteiger partial charge in [-0.3, -0.25) is 4.79 Å². The summed E-state index contributed by atoms with van der Waals surface area (Å²) in [5, 5.41) is 6.27. The van der Waals surface area contributed by atoms with E-state index in [1.165, 1.54) is 7.11 Å². The molecule has 0 unspecified atom stereocenters. The number of carbonyl (C=O) groups excluding carboxylic acids is 2. The van der Waals surface area contributed by atoms with Gasteiger partial charge >= 0.3 is 5.97 Å². The predicted molar refractivity (Wildman–Crippen MR) is 86.7 cm³/mol. The van der Waals surface area contributed by atoms with E-state index in [0.717, 1.165) is 18.4 Å². The second kappa shape index (κ2) is 7.29. The maximum atomic E-state index is 12.3. The summed E-state index contributed by atoms with van der Waals surface area (Å²) in [6.07, 6.45) is 1.81. The second-order valence-electron chi connectivity index (χ2n) is 5.72. The summed E-state index contributed by atoms with van der Waals surface area (Å²) in [6, 6.07) is 6.93. The number of morpholine rings is 1. The van der Waals surface area contributed by atoms with Crippen molar-refractivity contribution in [2.75, 3.05) is 26.9 Å². The van der Waals surface area contributed by atoms with Gasteiger partial charge in [-0.25, -0.2) is 4.79 Å². The fraction of sp³-hybridized carbons (Fsp3) is 0.500. The Kier molecular flexibility index (Phi) is 5.62. The number of halogens is 1. The Labute approximate surface area is 141 Å². The van der Waals surface area contributed by atoms with Crippen molar-refractivity contribution in [3.8, 4) is 0 Å². The van der Waals surface area contributed by atoms with Gasteiger partial charge in [0, 0.05) is 6.54 Å². The van der Waals surface area contributed by atoms with Crippen LogP contribution in [0.25, 0.3) is 0 Å². The van der Waals surface area contributed by atoms with Gasteiger partial charge < -0.3 is 20.1 Å². The molecule has 0 spiro atoms. The van der Waals surface area contributed by atoms with Crippen molar-refractivity contribution in [3.63, 3.8) is 0 Å². The molecule has 1 atom stereocenters. The number of rotatable bonds is 4. The molecule has 1 aliphatic carbocycles. The van der Waals surface area contributed by atoms with E-state index in [1.807, 2.05) is 12.1 Å². The van der Waals surface area contributed by atoms with Crippen LogP contribution < -0.4 is 10.6 Å². The van der Waals surface area contributed by atoms with E-state index in [1.54, 1.807) is 12.1 Å². The minimum atomic E-state index is -0.357. The summed E-state index contributed by atoms with van der Waals surface area (Å²) in [5.74, 6) is -0.391. The molecular formula is C16H21ClN2O4. The molecule has 0 aromatic heterocycles. The minimum Gasteiger partial charge on any atom is -0.465 e. The molecule has 2 aliphatic rings. The molecule has 1 aromatic rings. The molecule has 1 heterocycles. The van der Waals surface area contributed by atoms with Crippen molar-refractivity contribution >= 4 is 24.3 Å². The SMILES string of the molecule is COC(=O)c1ccc(C2(NC(=O)[C@H]3COCCN3)CC2)cc1.Cl. The van der Waals surface area contributed by atoms with E-state index in [2.05, 4.69) is 10.6 Å². The smallest absolute Gasteiger partial charge is 0.337 e. The maximum Gasteiger partial charge on any atom is 0.337 e. The topological polar surface area (TPSA) is 76.7 Å². The highest BCUT2D eigenvalue weighted by Gasteiger charge is 2.46. The second-order valence-corrected chi connectivity index (χ2v) is 5.72. The largest absolute Gasteiger partial charge is 0.465 e. The first-order valence-electron chi connectivity index (χ1n) is 7.47. The van der Waals surface area contributed by atoms with E-state index in [0.29, 0.717) is 25.3 Å². The summed E-state index contributed by atoms with van der Waals surface area (Å²) in [7, 11) is 1.36. The van der Waals surface area contributed by atoms with Crippen LogP contribution in [0.4, 0.5) is 0 Å². The van der Waals surface area contributed by atoms with Gasteiger partial charge in [0.05, 0.1) is 31.4 Å². The van der Waals surface area contributed by atoms with Crippen LogP contribution in [0.15, 0.2) is 24.3 Å². The Balaban J connectivity index is 0.00000192. The number of carbonyl (C=O) groups is 2. The average molecular weight is 341 g/mol. The number of hydrogen-bond acceptors (Lipinski definition) is 5. The predicted octanol–water partition coefficient (Wildman–Crippen LogP) is 0.989. The quantitative estimate of drug-likeness (QED) is 0.799. The highest BCUT2D eigenvalue weighted by atomic mass is 35.5. The summed E-state index contributed by atoms with van der Waals surface area (Å²) in [5.41, 5.74) is 1.23. The summed E-state index contributed by atoms with van der Waals surface area (Å²) in [4.78, 5) is 23.8. The van der Waals surface area contributed by atoms with Crippen LogP contribution in [0.5, 0.6) is 0 Å². The average Bonchev–Trinajstić information content (AvgIpc) is 3.36. The van der Waals surface area contributed by atoms with Crippen LogP contribution in [0, 0.1) is 0 Å². The number of amides is 1. The lowest BCUT2D eigenvalue weighted by molar-refractivity contribution is -0.127. The third kappa shape index (κ3) is 3.83. The van der Waals surface area contributed by atoms with Gasteiger partial charge in [-0.1, -0.05) is 12.1 Å². The number of hydrogen-bond donors (Lipinski definition) is 2. The molecule has 1 saturated carbocycles. The van der Waals surface area contributed by atoms with E-state index < -0.39 is 0 Å². The Morgan fingerprint density at radius 1 is 1.30 bits per heavy atom. The lowest BCUT2D eigenvalue weighted by Crippen LogP contribution is -2.53. The van der Waals surface area contributed by atoms with E-state index in [9.17, 15) is 9.59 Å². The highest BCUT2D eigenvalue weighted by Crippen LogP contribution is 2.45. The van der Waals surface area contributed by atoms with Gasteiger partial charge in [0.1, 0.15) is 6.04 Å². The molecule has 3 rings (SSSR count). The van der Waals surface area contributed by atoms with Crippen LogP contribution in [0.2, 0.25) is 0 Å². The van der Waals surface area contributed by atoms with E-state index >= 15 is 0 Å². The van der Waals surface area contributed by atoms with Crippen molar-refractivity contribution in [2.45, 2.75) is 24.4 Å². The molecule has 6 nitrogen and oxygen atoms in total. The van der Waals surface area contributed by atoms with Crippen molar-refractivity contribution in [1.82, 2.24) is 10.6 Å². The van der Waals surface area contributed by atoms with Crippen molar-refractivity contribution in [2.24, 2.45) is 0 Å². The van der Waals surface area contributed by atoms with Crippen LogP contribution in [0.3, 0.4) is 0 Å². The summed E-state index contributed by atoms with van der Waals surface area (Å²) in [6.45, 7) is 1.74. The van der Waals surface area contributed by atoms with Gasteiger partial charge in [0.25, 0.3) is 0 Å². The third-order valence-corrected chi connectivity index (χ3v) is 4.21. The van der Waals surface area contributed by atoms with Gasteiger partial charge in [-0.15, -0.1) is 12.4 Å². The Morgan fingerprint density at radius 2 is 2.00 bits per heavy atom. The zero-order chi connectivity index (χ0) is 15.6. The van der Waals surface area contributed by atoms with E-state index in [-0.39, 0.29) is 35.9 Å². The van der Waals surface area contributed by atoms with Crippen LogP contribution >= 0.6 is 12.4 Å². The molecule has 1 aliphatic heterocycles. The normalized spacial score (nSPS) is 21.7. The first-order valence-corrected chi connectivity index (χ1v) is 7.47. The standard InChI is InChI=1S/C16H20N2O4.ClH/c1-21-15(20)11-2-4-12(5-3-11)16(6-7-16)18-14(19)13-10-22-9-8-17-13;/h2-5,13,17H,6-10H2,1H3,(H,18,19);1H/t13-;/m1./s1. The van der Waals surface area contributed by atoms with Crippen molar-refractivity contribution in [1.29, 1.82) is 0 Å². The minimum absolute atomic E-state index is 0. The molecule has 126 valence electrons. The fourth-order valence-electron chi connectivity index (χ4n) is 2.71. The van der Waals surface area contributed by atoms with Crippen LogP contribution in [-0.4, -0.2) is 44.8 Å².